The number of carbonyl (C=O) groups excluding carboxylic acids is 2. The van der Waals surface area contributed by atoms with Crippen molar-refractivity contribution in [1.82, 2.24) is 14.9 Å². The molecule has 176 valence electrons. The van der Waals surface area contributed by atoms with Gasteiger partial charge in [-0.15, -0.1) is 0 Å². The second kappa shape index (κ2) is 11.1. The Bertz CT molecular complexity index is 908. The lowest BCUT2D eigenvalue weighted by atomic mass is 9.87. The maximum absolute atomic E-state index is 13.1. The van der Waals surface area contributed by atoms with Gasteiger partial charge in [0.1, 0.15) is 0 Å². The Morgan fingerprint density at radius 2 is 1.81 bits per heavy atom. The minimum atomic E-state index is -3.67. The van der Waals surface area contributed by atoms with Gasteiger partial charge in [0.2, 0.25) is 15.9 Å². The van der Waals surface area contributed by atoms with Crippen LogP contribution < -0.4 is 10.6 Å². The van der Waals surface area contributed by atoms with Crippen molar-refractivity contribution < 1.29 is 18.0 Å². The molecule has 32 heavy (non-hydrogen) atoms. The average Bonchev–Trinajstić information content (AvgIpc) is 2.79. The van der Waals surface area contributed by atoms with Crippen LogP contribution in [0.2, 0.25) is 0 Å². The SMILES string of the molecule is C=CC(=O)NC1CCN(S(=O)(=O)c2ccc(C(=O)NCCC3CCCCC3)cc2)C(C)C1. The molecule has 1 saturated carbocycles. The standard InChI is InChI=1S/C24H35N3O4S/c1-3-23(28)26-21-14-16-27(18(2)17-21)32(30,31)22-11-9-20(10-12-22)24(29)25-15-13-19-7-5-4-6-8-19/h3,9-12,18-19,21H,1,4-8,13-17H2,2H3,(H,25,29)(H,26,28). The molecule has 2 aliphatic rings. The number of piperidine rings is 1. The van der Waals surface area contributed by atoms with Crippen LogP contribution in [0.3, 0.4) is 0 Å². The predicted molar refractivity (Wildman–Crippen MR) is 125 cm³/mol. The third-order valence-corrected chi connectivity index (χ3v) is 8.66. The van der Waals surface area contributed by atoms with Gasteiger partial charge in [0.15, 0.2) is 0 Å². The van der Waals surface area contributed by atoms with Crippen LogP contribution in [0.15, 0.2) is 41.8 Å². The molecular formula is C24H35N3O4S. The minimum absolute atomic E-state index is 0.0679. The molecule has 1 aliphatic heterocycles. The van der Waals surface area contributed by atoms with E-state index in [-0.39, 0.29) is 28.8 Å². The first-order valence-electron chi connectivity index (χ1n) is 11.6. The monoisotopic (exact) mass is 461 g/mol. The van der Waals surface area contributed by atoms with Crippen molar-refractivity contribution >= 4 is 21.8 Å². The molecule has 2 unspecified atom stereocenters. The zero-order valence-corrected chi connectivity index (χ0v) is 19.7. The summed E-state index contributed by atoms with van der Waals surface area (Å²) in [7, 11) is -3.67. The lowest BCUT2D eigenvalue weighted by molar-refractivity contribution is -0.117. The normalized spacial score (nSPS) is 22.8. The molecule has 1 saturated heterocycles. The quantitative estimate of drug-likeness (QED) is 0.581. The van der Waals surface area contributed by atoms with Crippen molar-refractivity contribution in [2.24, 2.45) is 5.92 Å². The molecule has 2 N–H and O–H groups in total. The molecule has 0 radical (unpaired) electrons. The summed E-state index contributed by atoms with van der Waals surface area (Å²) in [5.74, 6) is 0.288. The summed E-state index contributed by atoms with van der Waals surface area (Å²) >= 11 is 0. The summed E-state index contributed by atoms with van der Waals surface area (Å²) in [6.45, 7) is 6.27. The molecule has 2 fully saturated rings. The number of benzene rings is 1. The fourth-order valence-electron chi connectivity index (χ4n) is 4.78. The first-order chi connectivity index (χ1) is 15.3. The fourth-order valence-corrected chi connectivity index (χ4v) is 6.44. The topological polar surface area (TPSA) is 95.6 Å². The summed E-state index contributed by atoms with van der Waals surface area (Å²) in [6.07, 6.45) is 9.70. The summed E-state index contributed by atoms with van der Waals surface area (Å²) < 4.78 is 27.7. The highest BCUT2D eigenvalue weighted by atomic mass is 32.2. The van der Waals surface area contributed by atoms with Crippen LogP contribution in [0.4, 0.5) is 0 Å². The smallest absolute Gasteiger partial charge is 0.251 e. The molecule has 1 heterocycles. The van der Waals surface area contributed by atoms with Gasteiger partial charge in [0.25, 0.3) is 5.91 Å². The number of sulfonamides is 1. The second-order valence-electron chi connectivity index (χ2n) is 8.97. The van der Waals surface area contributed by atoms with Gasteiger partial charge in [0.05, 0.1) is 4.90 Å². The summed E-state index contributed by atoms with van der Waals surface area (Å²) in [5, 5.41) is 5.80. The van der Waals surface area contributed by atoms with E-state index >= 15 is 0 Å². The van der Waals surface area contributed by atoms with Crippen LogP contribution in [0.1, 0.15) is 68.6 Å². The van der Waals surface area contributed by atoms with Crippen molar-refractivity contribution in [3.05, 3.63) is 42.5 Å². The van der Waals surface area contributed by atoms with Gasteiger partial charge in [0, 0.05) is 30.7 Å². The zero-order valence-electron chi connectivity index (χ0n) is 18.9. The van der Waals surface area contributed by atoms with Gasteiger partial charge in [-0.3, -0.25) is 9.59 Å². The van der Waals surface area contributed by atoms with Gasteiger partial charge >= 0.3 is 0 Å². The number of nitrogens with one attached hydrogen (secondary N) is 2. The van der Waals surface area contributed by atoms with Gasteiger partial charge in [-0.05, 0) is 62.4 Å². The number of carbonyl (C=O) groups is 2. The Kier molecular flexibility index (Phi) is 8.48. The van der Waals surface area contributed by atoms with Crippen LogP contribution in [0.5, 0.6) is 0 Å². The van der Waals surface area contributed by atoms with Gasteiger partial charge < -0.3 is 10.6 Å². The lowest BCUT2D eigenvalue weighted by Crippen LogP contribution is -2.50. The summed E-state index contributed by atoms with van der Waals surface area (Å²) in [6, 6.07) is 5.84. The van der Waals surface area contributed by atoms with Crippen molar-refractivity contribution in [2.75, 3.05) is 13.1 Å². The van der Waals surface area contributed by atoms with Crippen LogP contribution in [0, 0.1) is 5.92 Å². The summed E-state index contributed by atoms with van der Waals surface area (Å²) in [5.41, 5.74) is 0.464. The van der Waals surface area contributed by atoms with E-state index in [1.807, 2.05) is 6.92 Å². The number of hydrogen-bond donors (Lipinski definition) is 2. The molecular weight excluding hydrogens is 426 g/mol. The van der Waals surface area contributed by atoms with Crippen LogP contribution in [-0.2, 0) is 14.8 Å². The van der Waals surface area contributed by atoms with Crippen molar-refractivity contribution in [3.8, 4) is 0 Å². The summed E-state index contributed by atoms with van der Waals surface area (Å²) in [4.78, 5) is 24.1. The van der Waals surface area contributed by atoms with E-state index in [2.05, 4.69) is 17.2 Å². The molecule has 7 nitrogen and oxygen atoms in total. The molecule has 1 aliphatic carbocycles. The Morgan fingerprint density at radius 1 is 1.12 bits per heavy atom. The minimum Gasteiger partial charge on any atom is -0.352 e. The first-order valence-corrected chi connectivity index (χ1v) is 13.1. The Hall–Kier alpha value is -2.19. The molecule has 0 spiro atoms. The molecule has 2 atom stereocenters. The fraction of sp³-hybridized carbons (Fsp3) is 0.583. The third-order valence-electron chi connectivity index (χ3n) is 6.63. The van der Waals surface area contributed by atoms with E-state index < -0.39 is 10.0 Å². The highest BCUT2D eigenvalue weighted by Crippen LogP contribution is 2.27. The first kappa shape index (κ1) is 24.5. The van der Waals surface area contributed by atoms with E-state index in [4.69, 9.17) is 0 Å². The Morgan fingerprint density at radius 3 is 2.44 bits per heavy atom. The largest absolute Gasteiger partial charge is 0.352 e. The average molecular weight is 462 g/mol. The highest BCUT2D eigenvalue weighted by Gasteiger charge is 2.34. The molecule has 1 aromatic carbocycles. The molecule has 1 aromatic rings. The number of hydrogen-bond acceptors (Lipinski definition) is 4. The Balaban J connectivity index is 1.55. The molecule has 0 bridgehead atoms. The van der Waals surface area contributed by atoms with Crippen LogP contribution >= 0.6 is 0 Å². The molecule has 8 heteroatoms. The third kappa shape index (κ3) is 6.19. The van der Waals surface area contributed by atoms with Crippen molar-refractivity contribution in [3.63, 3.8) is 0 Å². The number of amides is 2. The van der Waals surface area contributed by atoms with Crippen LogP contribution in [0.25, 0.3) is 0 Å². The molecule has 0 aromatic heterocycles. The van der Waals surface area contributed by atoms with Gasteiger partial charge in [-0.1, -0.05) is 38.7 Å². The molecule has 2 amide bonds. The lowest BCUT2D eigenvalue weighted by Gasteiger charge is -2.36. The van der Waals surface area contributed by atoms with E-state index in [1.165, 1.54) is 54.6 Å². The van der Waals surface area contributed by atoms with E-state index in [0.29, 0.717) is 37.4 Å². The second-order valence-corrected chi connectivity index (χ2v) is 10.9. The van der Waals surface area contributed by atoms with Crippen molar-refractivity contribution in [2.45, 2.75) is 75.3 Å². The van der Waals surface area contributed by atoms with E-state index in [1.54, 1.807) is 12.1 Å². The van der Waals surface area contributed by atoms with Gasteiger partial charge in [-0.25, -0.2) is 8.42 Å². The number of nitrogens with zero attached hydrogens (tertiary/aromatic N) is 1. The van der Waals surface area contributed by atoms with Crippen molar-refractivity contribution in [1.29, 1.82) is 0 Å². The predicted octanol–water partition coefficient (Wildman–Crippen LogP) is 3.23. The maximum Gasteiger partial charge on any atom is 0.251 e. The van der Waals surface area contributed by atoms with Crippen LogP contribution in [-0.4, -0.2) is 49.7 Å². The van der Waals surface area contributed by atoms with Gasteiger partial charge in [-0.2, -0.15) is 4.31 Å². The number of rotatable bonds is 8. The Labute approximate surface area is 191 Å². The zero-order chi connectivity index (χ0) is 23.1. The maximum atomic E-state index is 13.1. The molecule has 3 rings (SSSR count). The van der Waals surface area contributed by atoms with E-state index in [0.717, 1.165) is 6.42 Å². The van der Waals surface area contributed by atoms with E-state index in [9.17, 15) is 18.0 Å². The highest BCUT2D eigenvalue weighted by molar-refractivity contribution is 7.89.